The zero-order valence-electron chi connectivity index (χ0n) is 9.91. The smallest absolute Gasteiger partial charge is 0.328 e. The molecule has 0 aliphatic heterocycles. The Morgan fingerprint density at radius 1 is 1.33 bits per heavy atom. The highest BCUT2D eigenvalue weighted by Crippen LogP contribution is 2.06. The minimum atomic E-state index is -1.08. The van der Waals surface area contributed by atoms with Crippen LogP contribution in [-0.2, 0) is 20.9 Å². The molecule has 0 aromatic heterocycles. The number of nitrogens with zero attached hydrogens (tertiary/aromatic N) is 1. The van der Waals surface area contributed by atoms with Crippen molar-refractivity contribution in [3.63, 3.8) is 0 Å². The molecule has 0 amide bonds. The summed E-state index contributed by atoms with van der Waals surface area (Å²) in [5.74, 6) is -1.52. The second kappa shape index (κ2) is 7.21. The maximum atomic E-state index is 11.4. The Kier molecular flexibility index (Phi) is 5.57. The number of aliphatic imine (C=N–C) groups is 1. The van der Waals surface area contributed by atoms with Crippen LogP contribution in [0.2, 0.25) is 0 Å². The standard InChI is InChI=1S/C13H15NO4/c1-14-11(13(16)17)7-8-12(15)18-9-10-5-3-2-4-6-10/h2-6,11H,1,7-9H2,(H,16,17)/t11-/m0/s1. The molecule has 0 unspecified atom stereocenters. The van der Waals surface area contributed by atoms with Gasteiger partial charge >= 0.3 is 11.9 Å². The number of aliphatic carboxylic acids is 1. The molecule has 1 atom stereocenters. The Morgan fingerprint density at radius 2 is 2.00 bits per heavy atom. The second-order valence-corrected chi connectivity index (χ2v) is 3.72. The molecule has 1 aromatic carbocycles. The van der Waals surface area contributed by atoms with Crippen LogP contribution in [0.3, 0.4) is 0 Å². The molecular formula is C13H15NO4. The van der Waals surface area contributed by atoms with Gasteiger partial charge in [0, 0.05) is 6.42 Å². The molecule has 1 N–H and O–H groups in total. The number of carboxylic acids is 1. The number of carboxylic acid groups (broad SMARTS) is 1. The molecule has 0 aliphatic rings. The fourth-order valence-electron chi connectivity index (χ4n) is 1.36. The first-order chi connectivity index (χ1) is 8.63. The Balaban J connectivity index is 2.30. The molecule has 0 aliphatic carbocycles. The summed E-state index contributed by atoms with van der Waals surface area (Å²) < 4.78 is 5.01. The van der Waals surface area contributed by atoms with Crippen molar-refractivity contribution in [1.29, 1.82) is 0 Å². The number of esters is 1. The molecule has 0 saturated carbocycles. The van der Waals surface area contributed by atoms with E-state index in [2.05, 4.69) is 11.7 Å². The van der Waals surface area contributed by atoms with Gasteiger partial charge in [-0.3, -0.25) is 9.79 Å². The van der Waals surface area contributed by atoms with Gasteiger partial charge < -0.3 is 9.84 Å². The van der Waals surface area contributed by atoms with E-state index >= 15 is 0 Å². The van der Waals surface area contributed by atoms with Crippen molar-refractivity contribution in [2.45, 2.75) is 25.5 Å². The fourth-order valence-corrected chi connectivity index (χ4v) is 1.36. The zero-order valence-corrected chi connectivity index (χ0v) is 9.91. The van der Waals surface area contributed by atoms with E-state index in [1.165, 1.54) is 0 Å². The normalized spacial score (nSPS) is 11.6. The summed E-state index contributed by atoms with van der Waals surface area (Å²) in [5.41, 5.74) is 0.891. The van der Waals surface area contributed by atoms with E-state index in [0.717, 1.165) is 5.56 Å². The van der Waals surface area contributed by atoms with Gasteiger partial charge in [0.05, 0.1) is 0 Å². The van der Waals surface area contributed by atoms with E-state index in [0.29, 0.717) is 0 Å². The average Bonchev–Trinajstić information content (AvgIpc) is 2.38. The van der Waals surface area contributed by atoms with E-state index in [1.54, 1.807) is 0 Å². The van der Waals surface area contributed by atoms with Gasteiger partial charge in [-0.2, -0.15) is 0 Å². The number of ether oxygens (including phenoxy) is 1. The molecule has 0 spiro atoms. The van der Waals surface area contributed by atoms with Gasteiger partial charge in [0.2, 0.25) is 0 Å². The first-order valence-electron chi connectivity index (χ1n) is 5.51. The van der Waals surface area contributed by atoms with Crippen molar-refractivity contribution in [3.05, 3.63) is 35.9 Å². The minimum absolute atomic E-state index is 0.0167. The lowest BCUT2D eigenvalue weighted by molar-refractivity contribution is -0.145. The monoisotopic (exact) mass is 249 g/mol. The zero-order chi connectivity index (χ0) is 13.4. The largest absolute Gasteiger partial charge is 0.480 e. The average molecular weight is 249 g/mol. The van der Waals surface area contributed by atoms with Crippen molar-refractivity contribution >= 4 is 18.7 Å². The van der Waals surface area contributed by atoms with E-state index in [-0.39, 0.29) is 19.4 Å². The fraction of sp³-hybridized carbons (Fsp3) is 0.308. The predicted octanol–water partition coefficient (Wildman–Crippen LogP) is 1.66. The SMILES string of the molecule is C=N[C@@H](CCC(=O)OCc1ccccc1)C(=O)O. The Labute approximate surface area is 105 Å². The van der Waals surface area contributed by atoms with E-state index in [1.807, 2.05) is 30.3 Å². The molecule has 1 rings (SSSR count). The highest BCUT2D eigenvalue weighted by atomic mass is 16.5. The molecule has 0 fully saturated rings. The minimum Gasteiger partial charge on any atom is -0.480 e. The Morgan fingerprint density at radius 3 is 2.56 bits per heavy atom. The topological polar surface area (TPSA) is 76.0 Å². The number of carbonyl (C=O) groups is 2. The molecule has 96 valence electrons. The molecule has 5 heteroatoms. The number of hydrogen-bond donors (Lipinski definition) is 1. The van der Waals surface area contributed by atoms with Crippen LogP contribution in [-0.4, -0.2) is 29.8 Å². The van der Waals surface area contributed by atoms with Crippen molar-refractivity contribution < 1.29 is 19.4 Å². The summed E-state index contributed by atoms with van der Waals surface area (Å²) >= 11 is 0. The van der Waals surface area contributed by atoms with Crippen molar-refractivity contribution in [1.82, 2.24) is 0 Å². The molecule has 1 aromatic rings. The number of hydrogen-bond acceptors (Lipinski definition) is 4. The van der Waals surface area contributed by atoms with Crippen LogP contribution in [0.5, 0.6) is 0 Å². The summed E-state index contributed by atoms with van der Waals surface area (Å²) in [4.78, 5) is 25.4. The number of carbonyl (C=O) groups excluding carboxylic acids is 1. The van der Waals surface area contributed by atoms with Crippen LogP contribution in [0, 0.1) is 0 Å². The van der Waals surface area contributed by atoms with Crippen LogP contribution < -0.4 is 0 Å². The molecule has 0 heterocycles. The highest BCUT2D eigenvalue weighted by Gasteiger charge is 2.16. The van der Waals surface area contributed by atoms with Gasteiger partial charge in [-0.25, -0.2) is 4.79 Å². The number of rotatable bonds is 7. The summed E-state index contributed by atoms with van der Waals surface area (Å²) in [5, 5.41) is 8.71. The first-order valence-corrected chi connectivity index (χ1v) is 5.51. The molecule has 0 bridgehead atoms. The lowest BCUT2D eigenvalue weighted by Gasteiger charge is -2.07. The summed E-state index contributed by atoms with van der Waals surface area (Å²) in [7, 11) is 0. The van der Waals surface area contributed by atoms with Gasteiger partial charge in [0.1, 0.15) is 12.6 Å². The number of benzene rings is 1. The molecule has 5 nitrogen and oxygen atoms in total. The van der Waals surface area contributed by atoms with E-state index < -0.39 is 18.0 Å². The Bertz CT molecular complexity index is 416. The Hall–Kier alpha value is -2.17. The lowest BCUT2D eigenvalue weighted by atomic mass is 10.1. The van der Waals surface area contributed by atoms with Crippen LogP contribution in [0.1, 0.15) is 18.4 Å². The van der Waals surface area contributed by atoms with E-state index in [4.69, 9.17) is 9.84 Å². The molecule has 0 radical (unpaired) electrons. The molecule has 0 saturated heterocycles. The van der Waals surface area contributed by atoms with Gasteiger partial charge in [-0.1, -0.05) is 30.3 Å². The van der Waals surface area contributed by atoms with Gasteiger partial charge in [-0.15, -0.1) is 0 Å². The lowest BCUT2D eigenvalue weighted by Crippen LogP contribution is -2.19. The van der Waals surface area contributed by atoms with Crippen LogP contribution in [0.4, 0.5) is 0 Å². The molecular weight excluding hydrogens is 234 g/mol. The highest BCUT2D eigenvalue weighted by molar-refractivity contribution is 5.76. The van der Waals surface area contributed by atoms with Crippen LogP contribution >= 0.6 is 0 Å². The van der Waals surface area contributed by atoms with Crippen LogP contribution in [0.15, 0.2) is 35.3 Å². The van der Waals surface area contributed by atoms with Crippen molar-refractivity contribution in [3.8, 4) is 0 Å². The van der Waals surface area contributed by atoms with Gasteiger partial charge in [0.25, 0.3) is 0 Å². The van der Waals surface area contributed by atoms with Crippen molar-refractivity contribution in [2.24, 2.45) is 4.99 Å². The quantitative estimate of drug-likeness (QED) is 0.589. The summed E-state index contributed by atoms with van der Waals surface area (Å²) in [6, 6.07) is 8.32. The third-order valence-corrected chi connectivity index (χ3v) is 2.37. The third kappa shape index (κ3) is 4.78. The summed E-state index contributed by atoms with van der Waals surface area (Å²) in [6.07, 6.45) is 0.120. The van der Waals surface area contributed by atoms with Gasteiger partial charge in [-0.05, 0) is 18.7 Å². The van der Waals surface area contributed by atoms with Gasteiger partial charge in [0.15, 0.2) is 0 Å². The first kappa shape index (κ1) is 13.9. The third-order valence-electron chi connectivity index (χ3n) is 2.37. The van der Waals surface area contributed by atoms with E-state index in [9.17, 15) is 9.59 Å². The predicted molar refractivity (Wildman–Crippen MR) is 66.4 cm³/mol. The maximum absolute atomic E-state index is 11.4. The van der Waals surface area contributed by atoms with Crippen molar-refractivity contribution in [2.75, 3.05) is 0 Å². The second-order valence-electron chi connectivity index (χ2n) is 3.72. The summed E-state index contributed by atoms with van der Waals surface area (Å²) in [6.45, 7) is 3.36. The maximum Gasteiger partial charge on any atom is 0.328 e. The van der Waals surface area contributed by atoms with Crippen LogP contribution in [0.25, 0.3) is 0 Å². The molecule has 18 heavy (non-hydrogen) atoms.